The number of nitro groups is 1. The van der Waals surface area contributed by atoms with E-state index >= 15 is 0 Å². The Kier molecular flexibility index (Phi) is 5.38. The van der Waals surface area contributed by atoms with E-state index in [0.29, 0.717) is 16.8 Å². The van der Waals surface area contributed by atoms with Crippen LogP contribution in [0.25, 0.3) is 0 Å². The first kappa shape index (κ1) is 18.8. The lowest BCUT2D eigenvalue weighted by molar-refractivity contribution is -0.385. The van der Waals surface area contributed by atoms with E-state index in [1.807, 2.05) is 0 Å². The van der Waals surface area contributed by atoms with Crippen molar-refractivity contribution in [2.24, 2.45) is 0 Å². The zero-order valence-corrected chi connectivity index (χ0v) is 14.7. The third kappa shape index (κ3) is 4.07. The molecule has 1 aliphatic heterocycles. The molecule has 0 saturated carbocycles. The summed E-state index contributed by atoms with van der Waals surface area (Å²) in [6.45, 7) is 3.78. The predicted molar refractivity (Wildman–Crippen MR) is 94.8 cm³/mol. The van der Waals surface area contributed by atoms with Gasteiger partial charge in [0.1, 0.15) is 5.75 Å². The fraction of sp³-hybridized carbons (Fsp3) is 0.294. The van der Waals surface area contributed by atoms with Gasteiger partial charge in [-0.1, -0.05) is 0 Å². The molecule has 27 heavy (non-hydrogen) atoms. The first-order valence-electron chi connectivity index (χ1n) is 8.31. The molecule has 1 N–H and O–H groups in total. The number of esters is 1. The maximum absolute atomic E-state index is 11.8. The SMILES string of the molecule is CCOC(=O)CC1OB(O)c2cc(Oc3cc([N+](=O)[O-])ccn3)cc(C)c21. The molecule has 0 fully saturated rings. The maximum Gasteiger partial charge on any atom is 0.492 e. The minimum Gasteiger partial charge on any atom is -0.466 e. The van der Waals surface area contributed by atoms with E-state index in [1.54, 1.807) is 26.0 Å². The van der Waals surface area contributed by atoms with Crippen molar-refractivity contribution in [2.75, 3.05) is 6.61 Å². The summed E-state index contributed by atoms with van der Waals surface area (Å²) in [7, 11) is -1.21. The Bertz CT molecular complexity index is 890. The van der Waals surface area contributed by atoms with Crippen LogP contribution in [-0.4, -0.2) is 34.6 Å². The molecule has 1 aliphatic rings. The highest BCUT2D eigenvalue weighted by Gasteiger charge is 2.38. The normalized spacial score (nSPS) is 15.4. The molecule has 1 aromatic heterocycles. The Morgan fingerprint density at radius 1 is 1.44 bits per heavy atom. The van der Waals surface area contributed by atoms with Crippen LogP contribution in [0.1, 0.15) is 30.6 Å². The van der Waals surface area contributed by atoms with E-state index < -0.39 is 24.1 Å². The third-order valence-corrected chi connectivity index (χ3v) is 4.08. The minimum absolute atomic E-state index is 0.00855. The Hall–Kier alpha value is -2.98. The number of nitrogens with zero attached hydrogens (tertiary/aromatic N) is 2. The van der Waals surface area contributed by atoms with Crippen LogP contribution in [0.3, 0.4) is 0 Å². The first-order valence-corrected chi connectivity index (χ1v) is 8.31. The highest BCUT2D eigenvalue weighted by Crippen LogP contribution is 2.33. The second-order valence-corrected chi connectivity index (χ2v) is 5.94. The van der Waals surface area contributed by atoms with E-state index in [0.717, 1.165) is 5.56 Å². The first-order chi connectivity index (χ1) is 12.9. The molecule has 0 radical (unpaired) electrons. The number of rotatable bonds is 6. The van der Waals surface area contributed by atoms with E-state index in [1.165, 1.54) is 18.3 Å². The number of benzene rings is 1. The molecule has 9 nitrogen and oxygen atoms in total. The zero-order chi connectivity index (χ0) is 19.6. The van der Waals surface area contributed by atoms with Gasteiger partial charge in [-0.3, -0.25) is 14.9 Å². The highest BCUT2D eigenvalue weighted by atomic mass is 16.6. The van der Waals surface area contributed by atoms with Crippen molar-refractivity contribution in [3.63, 3.8) is 0 Å². The summed E-state index contributed by atoms with van der Waals surface area (Å²) in [6.07, 6.45) is 0.658. The van der Waals surface area contributed by atoms with E-state index in [4.69, 9.17) is 14.1 Å². The summed E-state index contributed by atoms with van der Waals surface area (Å²) in [5, 5.41) is 21.1. The molecule has 2 aromatic rings. The van der Waals surface area contributed by atoms with Gasteiger partial charge in [-0.25, -0.2) is 4.98 Å². The summed E-state index contributed by atoms with van der Waals surface area (Å²) in [5.74, 6) is -0.0122. The second-order valence-electron chi connectivity index (χ2n) is 5.94. The van der Waals surface area contributed by atoms with Crippen molar-refractivity contribution in [3.05, 3.63) is 51.7 Å². The van der Waals surface area contributed by atoms with Crippen molar-refractivity contribution < 1.29 is 28.9 Å². The molecule has 0 saturated heterocycles. The maximum atomic E-state index is 11.8. The van der Waals surface area contributed by atoms with Gasteiger partial charge in [0, 0.05) is 12.3 Å². The van der Waals surface area contributed by atoms with Crippen LogP contribution in [0.2, 0.25) is 0 Å². The lowest BCUT2D eigenvalue weighted by Gasteiger charge is -2.14. The van der Waals surface area contributed by atoms with Gasteiger partial charge in [0.15, 0.2) is 0 Å². The number of ether oxygens (including phenoxy) is 2. The van der Waals surface area contributed by atoms with Gasteiger partial charge in [-0.15, -0.1) is 0 Å². The molecule has 0 bridgehead atoms. The Morgan fingerprint density at radius 3 is 2.93 bits per heavy atom. The third-order valence-electron chi connectivity index (χ3n) is 4.08. The number of fused-ring (bicyclic) bond motifs is 1. The van der Waals surface area contributed by atoms with Gasteiger partial charge in [-0.05, 0) is 42.6 Å². The van der Waals surface area contributed by atoms with Crippen molar-refractivity contribution in [3.8, 4) is 11.6 Å². The average molecular weight is 372 g/mol. The molecule has 10 heteroatoms. The molecule has 1 unspecified atom stereocenters. The summed E-state index contributed by atoms with van der Waals surface area (Å²) in [4.78, 5) is 26.0. The van der Waals surface area contributed by atoms with E-state index in [-0.39, 0.29) is 24.6 Å². The minimum atomic E-state index is -1.21. The molecular weight excluding hydrogens is 355 g/mol. The topological polar surface area (TPSA) is 121 Å². The Morgan fingerprint density at radius 2 is 2.22 bits per heavy atom. The number of aryl methyl sites for hydroxylation is 1. The second kappa shape index (κ2) is 7.72. The van der Waals surface area contributed by atoms with Crippen molar-refractivity contribution in [1.29, 1.82) is 0 Å². The summed E-state index contributed by atoms with van der Waals surface area (Å²) >= 11 is 0. The lowest BCUT2D eigenvalue weighted by Crippen LogP contribution is -2.28. The van der Waals surface area contributed by atoms with Crippen LogP contribution < -0.4 is 10.2 Å². The number of carbonyl (C=O) groups excluding carboxylic acids is 1. The highest BCUT2D eigenvalue weighted by molar-refractivity contribution is 6.62. The van der Waals surface area contributed by atoms with Gasteiger partial charge >= 0.3 is 13.1 Å². The molecule has 0 aliphatic carbocycles. The smallest absolute Gasteiger partial charge is 0.466 e. The van der Waals surface area contributed by atoms with Crippen LogP contribution in [-0.2, 0) is 14.2 Å². The van der Waals surface area contributed by atoms with Crippen LogP contribution in [0.15, 0.2) is 30.5 Å². The largest absolute Gasteiger partial charge is 0.492 e. The molecule has 3 rings (SSSR count). The molecule has 140 valence electrons. The number of hydrogen-bond donors (Lipinski definition) is 1. The van der Waals surface area contributed by atoms with Gasteiger partial charge in [0.25, 0.3) is 5.69 Å². The Labute approximate surface area is 155 Å². The average Bonchev–Trinajstić information content (AvgIpc) is 2.91. The van der Waals surface area contributed by atoms with Crippen molar-refractivity contribution in [2.45, 2.75) is 26.4 Å². The Balaban J connectivity index is 1.86. The molecule has 0 spiro atoms. The quantitative estimate of drug-likeness (QED) is 0.353. The van der Waals surface area contributed by atoms with Crippen LogP contribution in [0, 0.1) is 17.0 Å². The van der Waals surface area contributed by atoms with Crippen LogP contribution >= 0.6 is 0 Å². The fourth-order valence-electron chi connectivity index (χ4n) is 3.00. The van der Waals surface area contributed by atoms with Gasteiger partial charge in [-0.2, -0.15) is 0 Å². The fourth-order valence-corrected chi connectivity index (χ4v) is 3.00. The summed E-state index contributed by atoms with van der Waals surface area (Å²) in [5.41, 5.74) is 1.79. The lowest BCUT2D eigenvalue weighted by atomic mass is 9.77. The monoisotopic (exact) mass is 372 g/mol. The number of carbonyl (C=O) groups is 1. The number of hydrogen-bond acceptors (Lipinski definition) is 8. The summed E-state index contributed by atoms with van der Waals surface area (Å²) < 4.78 is 16.0. The van der Waals surface area contributed by atoms with Gasteiger partial charge in [0.2, 0.25) is 5.88 Å². The van der Waals surface area contributed by atoms with Gasteiger partial charge < -0.3 is 19.2 Å². The van der Waals surface area contributed by atoms with E-state index in [2.05, 4.69) is 4.98 Å². The van der Waals surface area contributed by atoms with Crippen LogP contribution in [0.5, 0.6) is 11.6 Å². The van der Waals surface area contributed by atoms with Crippen LogP contribution in [0.4, 0.5) is 5.69 Å². The molecule has 1 atom stereocenters. The molecular formula is C17H17BN2O7. The van der Waals surface area contributed by atoms with E-state index in [9.17, 15) is 19.9 Å². The summed E-state index contributed by atoms with van der Waals surface area (Å²) in [6, 6.07) is 5.73. The van der Waals surface area contributed by atoms with Gasteiger partial charge in [0.05, 0.1) is 30.1 Å². The number of pyridine rings is 1. The number of aromatic nitrogens is 1. The van der Waals surface area contributed by atoms with Crippen molar-refractivity contribution >= 4 is 24.2 Å². The predicted octanol–water partition coefficient (Wildman–Crippen LogP) is 1.80. The van der Waals surface area contributed by atoms with Crippen molar-refractivity contribution in [1.82, 2.24) is 4.98 Å². The molecule has 1 aromatic carbocycles. The molecule has 2 heterocycles. The standard InChI is InChI=1S/C17H17BN2O7/c1-3-25-16(21)9-14-17-10(2)6-12(8-13(17)18(22)27-14)26-15-7-11(20(23)24)4-5-19-15/h4-8,14,22H,3,9H2,1-2H3. The molecule has 0 amide bonds. The zero-order valence-electron chi connectivity index (χ0n) is 14.7.